The Hall–Kier alpha value is -0.820. The zero-order valence-corrected chi connectivity index (χ0v) is 9.74. The second kappa shape index (κ2) is 4.80. The van der Waals surface area contributed by atoms with Crippen molar-refractivity contribution in [1.82, 2.24) is 5.32 Å². The van der Waals surface area contributed by atoms with E-state index < -0.39 is 0 Å². The Labute approximate surface area is 92.9 Å². The minimum atomic E-state index is 0.576. The van der Waals surface area contributed by atoms with Crippen LogP contribution in [0.2, 0.25) is 0 Å². The lowest BCUT2D eigenvalue weighted by Gasteiger charge is -2.33. The van der Waals surface area contributed by atoms with Gasteiger partial charge in [0.05, 0.1) is 0 Å². The van der Waals surface area contributed by atoms with E-state index in [2.05, 4.69) is 49.5 Å². The van der Waals surface area contributed by atoms with Crippen molar-refractivity contribution >= 4 is 0 Å². The van der Waals surface area contributed by atoms with Crippen LogP contribution in [0.5, 0.6) is 0 Å². The standard InChI is InChI=1S/C14H21N/c1-11(2)13-8-9-15-14(10-13)12-6-4-3-5-7-12/h3-7,11,13-15H,8-10H2,1-2H3. The molecule has 1 fully saturated rings. The highest BCUT2D eigenvalue weighted by atomic mass is 14.9. The van der Waals surface area contributed by atoms with Gasteiger partial charge < -0.3 is 5.32 Å². The number of rotatable bonds is 2. The van der Waals surface area contributed by atoms with Gasteiger partial charge in [-0.25, -0.2) is 0 Å². The molecule has 1 aliphatic heterocycles. The predicted molar refractivity (Wildman–Crippen MR) is 64.7 cm³/mol. The molecule has 2 unspecified atom stereocenters. The summed E-state index contributed by atoms with van der Waals surface area (Å²) >= 11 is 0. The highest BCUT2D eigenvalue weighted by Gasteiger charge is 2.24. The largest absolute Gasteiger partial charge is 0.310 e. The molecule has 0 amide bonds. The van der Waals surface area contributed by atoms with Crippen LogP contribution in [0.15, 0.2) is 30.3 Å². The van der Waals surface area contributed by atoms with Crippen molar-refractivity contribution in [1.29, 1.82) is 0 Å². The lowest BCUT2D eigenvalue weighted by atomic mass is 9.82. The van der Waals surface area contributed by atoms with E-state index in [9.17, 15) is 0 Å². The number of hydrogen-bond acceptors (Lipinski definition) is 1. The molecular formula is C14H21N. The van der Waals surface area contributed by atoms with Gasteiger partial charge in [0, 0.05) is 6.04 Å². The molecule has 82 valence electrons. The highest BCUT2D eigenvalue weighted by molar-refractivity contribution is 5.19. The smallest absolute Gasteiger partial charge is 0.0322 e. The van der Waals surface area contributed by atoms with Gasteiger partial charge in [0.25, 0.3) is 0 Å². The first-order valence-electron chi connectivity index (χ1n) is 6.05. The molecule has 1 aromatic rings. The van der Waals surface area contributed by atoms with Crippen LogP contribution in [0.1, 0.15) is 38.3 Å². The Morgan fingerprint density at radius 2 is 1.93 bits per heavy atom. The lowest BCUT2D eigenvalue weighted by molar-refractivity contribution is 0.245. The fourth-order valence-electron chi connectivity index (χ4n) is 2.49. The number of piperidine rings is 1. The fraction of sp³-hybridized carbons (Fsp3) is 0.571. The zero-order valence-electron chi connectivity index (χ0n) is 9.74. The molecule has 15 heavy (non-hydrogen) atoms. The average molecular weight is 203 g/mol. The summed E-state index contributed by atoms with van der Waals surface area (Å²) in [6.45, 7) is 5.86. The van der Waals surface area contributed by atoms with E-state index in [0.29, 0.717) is 6.04 Å². The Morgan fingerprint density at radius 3 is 2.60 bits per heavy atom. The molecule has 2 atom stereocenters. The van der Waals surface area contributed by atoms with Gasteiger partial charge in [-0.2, -0.15) is 0 Å². The van der Waals surface area contributed by atoms with Crippen molar-refractivity contribution in [3.63, 3.8) is 0 Å². The lowest BCUT2D eigenvalue weighted by Crippen LogP contribution is -2.33. The minimum absolute atomic E-state index is 0.576. The van der Waals surface area contributed by atoms with Crippen molar-refractivity contribution in [3.05, 3.63) is 35.9 Å². The molecule has 1 N–H and O–H groups in total. The minimum Gasteiger partial charge on any atom is -0.310 e. The van der Waals surface area contributed by atoms with Crippen molar-refractivity contribution in [3.8, 4) is 0 Å². The van der Waals surface area contributed by atoms with E-state index in [1.165, 1.54) is 24.9 Å². The Bertz CT molecular complexity index is 291. The predicted octanol–water partition coefficient (Wildman–Crippen LogP) is 3.38. The molecule has 0 aromatic heterocycles. The second-order valence-electron chi connectivity index (χ2n) is 4.95. The molecule has 1 heterocycles. The van der Waals surface area contributed by atoms with Gasteiger partial charge >= 0.3 is 0 Å². The van der Waals surface area contributed by atoms with Crippen LogP contribution in [-0.2, 0) is 0 Å². The summed E-state index contributed by atoms with van der Waals surface area (Å²) in [7, 11) is 0. The van der Waals surface area contributed by atoms with Crippen LogP contribution in [0.3, 0.4) is 0 Å². The number of benzene rings is 1. The van der Waals surface area contributed by atoms with Gasteiger partial charge in [-0.05, 0) is 36.8 Å². The van der Waals surface area contributed by atoms with Crippen LogP contribution in [-0.4, -0.2) is 6.54 Å². The molecule has 1 aromatic carbocycles. The molecule has 1 saturated heterocycles. The van der Waals surface area contributed by atoms with Crippen molar-refractivity contribution in [2.24, 2.45) is 11.8 Å². The molecule has 1 nitrogen and oxygen atoms in total. The van der Waals surface area contributed by atoms with Crippen LogP contribution < -0.4 is 5.32 Å². The first-order valence-corrected chi connectivity index (χ1v) is 6.05. The van der Waals surface area contributed by atoms with Crippen LogP contribution >= 0.6 is 0 Å². The molecule has 1 aliphatic rings. The Kier molecular flexibility index (Phi) is 3.42. The molecule has 0 aliphatic carbocycles. The number of nitrogens with one attached hydrogen (secondary N) is 1. The maximum Gasteiger partial charge on any atom is 0.0322 e. The Morgan fingerprint density at radius 1 is 1.20 bits per heavy atom. The van der Waals surface area contributed by atoms with Crippen molar-refractivity contribution < 1.29 is 0 Å². The molecule has 2 rings (SSSR count). The topological polar surface area (TPSA) is 12.0 Å². The summed E-state index contributed by atoms with van der Waals surface area (Å²) in [6.07, 6.45) is 2.63. The Balaban J connectivity index is 2.05. The van der Waals surface area contributed by atoms with Crippen molar-refractivity contribution in [2.45, 2.75) is 32.7 Å². The van der Waals surface area contributed by atoms with Crippen LogP contribution in [0, 0.1) is 11.8 Å². The normalized spacial score (nSPS) is 26.9. The SMILES string of the molecule is CC(C)C1CCNC(c2ccccc2)C1. The van der Waals surface area contributed by atoms with Gasteiger partial charge in [-0.3, -0.25) is 0 Å². The summed E-state index contributed by atoms with van der Waals surface area (Å²) < 4.78 is 0. The van der Waals surface area contributed by atoms with Gasteiger partial charge in [-0.15, -0.1) is 0 Å². The van der Waals surface area contributed by atoms with E-state index in [-0.39, 0.29) is 0 Å². The van der Waals surface area contributed by atoms with E-state index >= 15 is 0 Å². The molecule has 0 bridgehead atoms. The monoisotopic (exact) mass is 203 g/mol. The molecular weight excluding hydrogens is 182 g/mol. The van der Waals surface area contributed by atoms with E-state index in [0.717, 1.165) is 11.8 Å². The first kappa shape index (κ1) is 10.7. The summed E-state index contributed by atoms with van der Waals surface area (Å²) in [6, 6.07) is 11.4. The fourth-order valence-corrected chi connectivity index (χ4v) is 2.49. The van der Waals surface area contributed by atoms with Crippen LogP contribution in [0.25, 0.3) is 0 Å². The summed E-state index contributed by atoms with van der Waals surface area (Å²) in [5, 5.41) is 3.62. The molecule has 0 saturated carbocycles. The first-order chi connectivity index (χ1) is 7.27. The zero-order chi connectivity index (χ0) is 10.7. The summed E-state index contributed by atoms with van der Waals surface area (Å²) in [4.78, 5) is 0. The van der Waals surface area contributed by atoms with Gasteiger partial charge in [0.2, 0.25) is 0 Å². The number of hydrogen-bond donors (Lipinski definition) is 1. The molecule has 0 spiro atoms. The second-order valence-corrected chi connectivity index (χ2v) is 4.95. The highest BCUT2D eigenvalue weighted by Crippen LogP contribution is 2.31. The van der Waals surface area contributed by atoms with Gasteiger partial charge in [0.15, 0.2) is 0 Å². The van der Waals surface area contributed by atoms with E-state index in [1.807, 2.05) is 0 Å². The molecule has 0 radical (unpaired) electrons. The van der Waals surface area contributed by atoms with Crippen LogP contribution in [0.4, 0.5) is 0 Å². The third-order valence-electron chi connectivity index (χ3n) is 3.59. The van der Waals surface area contributed by atoms with Gasteiger partial charge in [0.1, 0.15) is 0 Å². The maximum absolute atomic E-state index is 3.62. The summed E-state index contributed by atoms with van der Waals surface area (Å²) in [5.74, 6) is 1.70. The average Bonchev–Trinajstić information content (AvgIpc) is 2.30. The van der Waals surface area contributed by atoms with Crippen molar-refractivity contribution in [2.75, 3.05) is 6.54 Å². The molecule has 1 heteroatoms. The van der Waals surface area contributed by atoms with E-state index in [4.69, 9.17) is 0 Å². The third-order valence-corrected chi connectivity index (χ3v) is 3.59. The quantitative estimate of drug-likeness (QED) is 0.777. The maximum atomic E-state index is 3.62. The summed E-state index contributed by atoms with van der Waals surface area (Å²) in [5.41, 5.74) is 1.45. The third kappa shape index (κ3) is 2.60. The van der Waals surface area contributed by atoms with E-state index in [1.54, 1.807) is 0 Å². The van der Waals surface area contributed by atoms with Gasteiger partial charge in [-0.1, -0.05) is 44.2 Å².